The molecule has 4 nitrogen and oxygen atoms in total. The van der Waals surface area contributed by atoms with Crippen molar-refractivity contribution < 1.29 is 9.18 Å². The van der Waals surface area contributed by atoms with E-state index >= 15 is 0 Å². The van der Waals surface area contributed by atoms with Gasteiger partial charge in [0.2, 0.25) is 0 Å². The lowest BCUT2D eigenvalue weighted by molar-refractivity contribution is 0.0954. The number of thiazole rings is 1. The fourth-order valence-electron chi connectivity index (χ4n) is 2.74. The van der Waals surface area contributed by atoms with Crippen LogP contribution >= 0.6 is 11.3 Å². The number of benzene rings is 1. The van der Waals surface area contributed by atoms with Gasteiger partial charge in [0.1, 0.15) is 5.82 Å². The van der Waals surface area contributed by atoms with Crippen molar-refractivity contribution in [1.82, 2.24) is 15.3 Å². The molecule has 6 heteroatoms. The van der Waals surface area contributed by atoms with Gasteiger partial charge in [-0.3, -0.25) is 9.78 Å². The minimum atomic E-state index is -0.352. The number of hydrogen-bond donors (Lipinski definition) is 1. The molecule has 3 rings (SSSR count). The van der Waals surface area contributed by atoms with Crippen LogP contribution in [-0.2, 0) is 6.42 Å². The van der Waals surface area contributed by atoms with Crippen molar-refractivity contribution in [3.63, 3.8) is 0 Å². The molecule has 0 fully saturated rings. The van der Waals surface area contributed by atoms with Crippen LogP contribution in [0, 0.1) is 19.7 Å². The van der Waals surface area contributed by atoms with Gasteiger partial charge in [0.15, 0.2) is 0 Å². The number of pyridine rings is 1. The summed E-state index contributed by atoms with van der Waals surface area (Å²) in [4.78, 5) is 21.2. The van der Waals surface area contributed by atoms with Gasteiger partial charge in [0, 0.05) is 34.8 Å². The highest BCUT2D eigenvalue weighted by Crippen LogP contribution is 2.19. The number of nitrogens with one attached hydrogen (secondary N) is 1. The molecule has 1 amide bonds. The number of rotatable bonds is 6. The Kier molecular flexibility index (Phi) is 5.38. The zero-order chi connectivity index (χ0) is 17.8. The van der Waals surface area contributed by atoms with E-state index in [1.54, 1.807) is 30.4 Å². The van der Waals surface area contributed by atoms with Gasteiger partial charge >= 0.3 is 0 Å². The summed E-state index contributed by atoms with van der Waals surface area (Å²) in [6.45, 7) is 4.40. The molecule has 0 aliphatic rings. The number of nitrogens with zero attached hydrogens (tertiary/aromatic N) is 2. The number of aryl methyl sites for hydroxylation is 3. The molecule has 25 heavy (non-hydrogen) atoms. The topological polar surface area (TPSA) is 54.9 Å². The average Bonchev–Trinajstić information content (AvgIpc) is 2.98. The lowest BCUT2D eigenvalue weighted by Crippen LogP contribution is -2.25. The third kappa shape index (κ3) is 4.39. The van der Waals surface area contributed by atoms with E-state index in [2.05, 4.69) is 20.7 Å². The standard InChI is InChI=1S/C19H20FN3OS/c1-12-9-16(15-7-6-14(20)10-17(15)22-12)19(24)21-8-4-3-5-18-23-13(2)11-25-18/h6-7,9-11H,3-5,8H2,1-2H3,(H,21,24). The Morgan fingerprint density at radius 1 is 1.16 bits per heavy atom. The first-order chi connectivity index (χ1) is 12.0. The zero-order valence-corrected chi connectivity index (χ0v) is 15.1. The lowest BCUT2D eigenvalue weighted by Gasteiger charge is -2.09. The SMILES string of the molecule is Cc1csc(CCCCNC(=O)c2cc(C)nc3cc(F)ccc23)n1. The fourth-order valence-corrected chi connectivity index (χ4v) is 3.56. The van der Waals surface area contributed by atoms with Gasteiger partial charge in [-0.25, -0.2) is 9.37 Å². The number of hydrogen-bond acceptors (Lipinski definition) is 4. The molecule has 0 bridgehead atoms. The molecular weight excluding hydrogens is 337 g/mol. The summed E-state index contributed by atoms with van der Waals surface area (Å²) >= 11 is 1.68. The summed E-state index contributed by atoms with van der Waals surface area (Å²) in [7, 11) is 0. The van der Waals surface area contributed by atoms with Crippen LogP contribution in [0.1, 0.15) is 39.6 Å². The predicted molar refractivity (Wildman–Crippen MR) is 98.6 cm³/mol. The van der Waals surface area contributed by atoms with Crippen molar-refractivity contribution in [2.45, 2.75) is 33.1 Å². The van der Waals surface area contributed by atoms with Gasteiger partial charge in [0.05, 0.1) is 16.1 Å². The number of carbonyl (C=O) groups excluding carboxylic acids is 1. The Bertz CT molecular complexity index is 902. The molecule has 130 valence electrons. The maximum atomic E-state index is 13.4. The number of fused-ring (bicyclic) bond motifs is 1. The Morgan fingerprint density at radius 3 is 2.76 bits per heavy atom. The van der Waals surface area contributed by atoms with Crippen LogP contribution in [0.5, 0.6) is 0 Å². The van der Waals surface area contributed by atoms with Crippen LogP contribution in [-0.4, -0.2) is 22.4 Å². The highest BCUT2D eigenvalue weighted by molar-refractivity contribution is 7.09. The van der Waals surface area contributed by atoms with Crippen molar-refractivity contribution in [3.8, 4) is 0 Å². The summed E-state index contributed by atoms with van der Waals surface area (Å²) < 4.78 is 13.4. The number of amides is 1. The van der Waals surface area contributed by atoms with Crippen molar-refractivity contribution in [1.29, 1.82) is 0 Å². The second-order valence-corrected chi connectivity index (χ2v) is 7.01. The number of aromatic nitrogens is 2. The van der Waals surface area contributed by atoms with Gasteiger partial charge in [-0.1, -0.05) is 0 Å². The lowest BCUT2D eigenvalue weighted by atomic mass is 10.1. The van der Waals surface area contributed by atoms with Gasteiger partial charge < -0.3 is 5.32 Å². The molecule has 0 saturated heterocycles. The molecular formula is C19H20FN3OS. The Hall–Kier alpha value is -2.34. The molecule has 0 atom stereocenters. The summed E-state index contributed by atoms with van der Waals surface area (Å²) in [5, 5.41) is 6.81. The van der Waals surface area contributed by atoms with Crippen molar-refractivity contribution >= 4 is 28.1 Å². The number of carbonyl (C=O) groups is 1. The van der Waals surface area contributed by atoms with E-state index in [-0.39, 0.29) is 11.7 Å². The maximum Gasteiger partial charge on any atom is 0.252 e. The van der Waals surface area contributed by atoms with Crippen LogP contribution in [0.4, 0.5) is 4.39 Å². The van der Waals surface area contributed by atoms with Crippen LogP contribution in [0.2, 0.25) is 0 Å². The van der Waals surface area contributed by atoms with E-state index in [0.29, 0.717) is 28.7 Å². The van der Waals surface area contributed by atoms with Gasteiger partial charge in [-0.15, -0.1) is 11.3 Å². The third-order valence-corrected chi connectivity index (χ3v) is 4.94. The average molecular weight is 357 g/mol. The molecule has 1 N–H and O–H groups in total. The van der Waals surface area contributed by atoms with Gasteiger partial charge in [-0.05, 0) is 51.3 Å². The normalized spacial score (nSPS) is 11.0. The maximum absolute atomic E-state index is 13.4. The molecule has 3 aromatic rings. The molecule has 0 unspecified atom stereocenters. The Labute approximate surface area is 150 Å². The highest BCUT2D eigenvalue weighted by Gasteiger charge is 2.12. The Morgan fingerprint density at radius 2 is 2.00 bits per heavy atom. The molecule has 0 radical (unpaired) electrons. The molecule has 0 aliphatic carbocycles. The van der Waals surface area contributed by atoms with Crippen molar-refractivity contribution in [2.75, 3.05) is 6.54 Å². The van der Waals surface area contributed by atoms with Crippen molar-refractivity contribution in [2.24, 2.45) is 0 Å². The van der Waals surface area contributed by atoms with E-state index in [1.165, 1.54) is 12.1 Å². The molecule has 2 aromatic heterocycles. The third-order valence-electron chi connectivity index (χ3n) is 3.91. The summed E-state index contributed by atoms with van der Waals surface area (Å²) in [6, 6.07) is 6.06. The fraction of sp³-hybridized carbons (Fsp3) is 0.316. The molecule has 2 heterocycles. The van der Waals surface area contributed by atoms with E-state index in [1.807, 2.05) is 6.92 Å². The summed E-state index contributed by atoms with van der Waals surface area (Å²) in [5.41, 5.74) is 2.80. The van der Waals surface area contributed by atoms with E-state index in [0.717, 1.165) is 30.0 Å². The monoisotopic (exact) mass is 357 g/mol. The first-order valence-electron chi connectivity index (χ1n) is 8.29. The summed E-state index contributed by atoms with van der Waals surface area (Å²) in [6.07, 6.45) is 2.81. The molecule has 0 aliphatic heterocycles. The zero-order valence-electron chi connectivity index (χ0n) is 14.3. The second-order valence-electron chi connectivity index (χ2n) is 6.07. The van der Waals surface area contributed by atoms with Gasteiger partial charge in [-0.2, -0.15) is 0 Å². The Balaban J connectivity index is 1.58. The number of unbranched alkanes of at least 4 members (excludes halogenated alkanes) is 1. The van der Waals surface area contributed by atoms with Crippen LogP contribution in [0.3, 0.4) is 0 Å². The smallest absolute Gasteiger partial charge is 0.252 e. The predicted octanol–water partition coefficient (Wildman–Crippen LogP) is 4.20. The van der Waals surface area contributed by atoms with Gasteiger partial charge in [0.25, 0.3) is 5.91 Å². The van der Waals surface area contributed by atoms with Crippen LogP contribution in [0.25, 0.3) is 10.9 Å². The van der Waals surface area contributed by atoms with E-state index in [9.17, 15) is 9.18 Å². The molecule has 0 spiro atoms. The van der Waals surface area contributed by atoms with E-state index < -0.39 is 0 Å². The quantitative estimate of drug-likeness (QED) is 0.673. The largest absolute Gasteiger partial charge is 0.352 e. The minimum absolute atomic E-state index is 0.146. The minimum Gasteiger partial charge on any atom is -0.352 e. The first-order valence-corrected chi connectivity index (χ1v) is 9.17. The summed E-state index contributed by atoms with van der Waals surface area (Å²) in [5.74, 6) is -0.499. The highest BCUT2D eigenvalue weighted by atomic mass is 32.1. The first kappa shape index (κ1) is 17.5. The second kappa shape index (κ2) is 7.70. The number of halogens is 1. The molecule has 0 saturated carbocycles. The molecule has 1 aromatic carbocycles. The van der Waals surface area contributed by atoms with E-state index in [4.69, 9.17) is 0 Å². The van der Waals surface area contributed by atoms with Crippen molar-refractivity contribution in [3.05, 3.63) is 57.4 Å². The van der Waals surface area contributed by atoms with Crippen LogP contribution in [0.15, 0.2) is 29.6 Å². The van der Waals surface area contributed by atoms with Crippen LogP contribution < -0.4 is 5.32 Å².